The monoisotopic (exact) mass is 645 g/mol. The van der Waals surface area contributed by atoms with Crippen molar-refractivity contribution in [1.82, 2.24) is 19.5 Å². The Hall–Kier alpha value is -3.13. The van der Waals surface area contributed by atoms with Crippen molar-refractivity contribution in [1.29, 1.82) is 0 Å². The van der Waals surface area contributed by atoms with E-state index in [0.29, 0.717) is 17.0 Å². The zero-order valence-electron chi connectivity index (χ0n) is 21.0. The normalized spacial score (nSPS) is 21.6. The summed E-state index contributed by atoms with van der Waals surface area (Å²) in [7, 11) is -16.7. The number of pyridine rings is 2. The standard InChI is InChI=1S/C21H22N5O13P3/c22-20-14(6-4-13-5-7-16(24-10-13)15-3-1-2-8-23-15)11-26(21(28)25-20)19-9-17(27)18(37-19)12-36-41(32,33)39-42(34,35)38-40(29,30)31/h1-3,5,7-8,10-11,17-19,27H,9,12H2,(H,32,33)(H,34,35)(H2,22,25,28)(H2,29,30,31)/t17-,18+,19+/m0/s1. The predicted molar refractivity (Wildman–Crippen MR) is 141 cm³/mol. The highest BCUT2D eigenvalue weighted by atomic mass is 31.3. The van der Waals surface area contributed by atoms with Crippen molar-refractivity contribution in [3.05, 3.63) is 70.5 Å². The van der Waals surface area contributed by atoms with Crippen LogP contribution in [0.15, 0.2) is 53.7 Å². The fourth-order valence-corrected chi connectivity index (χ4v) is 6.59. The van der Waals surface area contributed by atoms with E-state index >= 15 is 0 Å². The summed E-state index contributed by atoms with van der Waals surface area (Å²) in [6, 6.07) is 8.85. The van der Waals surface area contributed by atoms with Crippen LogP contribution >= 0.6 is 23.5 Å². The van der Waals surface area contributed by atoms with Crippen LogP contribution in [0.1, 0.15) is 23.8 Å². The molecule has 0 aliphatic carbocycles. The smallest absolute Gasteiger partial charge is 0.390 e. The Labute approximate surface area is 236 Å². The van der Waals surface area contributed by atoms with Gasteiger partial charge in [-0.05, 0) is 24.3 Å². The molecule has 0 radical (unpaired) electrons. The van der Waals surface area contributed by atoms with Gasteiger partial charge in [0.1, 0.15) is 18.1 Å². The quantitative estimate of drug-likeness (QED) is 0.138. The van der Waals surface area contributed by atoms with Crippen LogP contribution in [0.3, 0.4) is 0 Å². The van der Waals surface area contributed by atoms with Gasteiger partial charge in [0, 0.05) is 30.6 Å². The maximum atomic E-state index is 12.5. The average molecular weight is 645 g/mol. The highest BCUT2D eigenvalue weighted by Crippen LogP contribution is 2.66. The highest BCUT2D eigenvalue weighted by molar-refractivity contribution is 7.66. The number of aromatic nitrogens is 4. The molecule has 1 saturated heterocycles. The number of hydrogen-bond acceptors (Lipinski definition) is 13. The molecule has 42 heavy (non-hydrogen) atoms. The second-order valence-corrected chi connectivity index (χ2v) is 12.9. The van der Waals surface area contributed by atoms with Crippen LogP contribution < -0.4 is 11.4 Å². The maximum Gasteiger partial charge on any atom is 0.490 e. The third-order valence-electron chi connectivity index (χ3n) is 5.35. The van der Waals surface area contributed by atoms with Gasteiger partial charge in [-0.2, -0.15) is 13.6 Å². The Kier molecular flexibility index (Phi) is 9.55. The van der Waals surface area contributed by atoms with Crippen LogP contribution in [0.2, 0.25) is 0 Å². The van der Waals surface area contributed by atoms with Crippen LogP contribution in [-0.4, -0.2) is 63.0 Å². The fraction of sp³-hybridized carbons (Fsp3) is 0.238. The molecule has 18 nitrogen and oxygen atoms in total. The largest absolute Gasteiger partial charge is 0.490 e. The van der Waals surface area contributed by atoms with Crippen molar-refractivity contribution >= 4 is 29.3 Å². The molecule has 0 amide bonds. The molecule has 5 atom stereocenters. The molecule has 224 valence electrons. The third-order valence-corrected chi connectivity index (χ3v) is 9.15. The number of hydrogen-bond donors (Lipinski definition) is 6. The lowest BCUT2D eigenvalue weighted by Crippen LogP contribution is -2.29. The van der Waals surface area contributed by atoms with Crippen LogP contribution in [-0.2, 0) is 31.6 Å². The topological polar surface area (TPSA) is 276 Å². The van der Waals surface area contributed by atoms with E-state index in [0.717, 1.165) is 4.57 Å². The minimum Gasteiger partial charge on any atom is -0.390 e. The minimum absolute atomic E-state index is 0.137. The second-order valence-electron chi connectivity index (χ2n) is 8.45. The number of ether oxygens (including phenoxy) is 1. The first-order valence-electron chi connectivity index (χ1n) is 11.5. The molecule has 4 rings (SSSR count). The molecular formula is C21H22N5O13P3. The molecule has 1 aliphatic rings. The van der Waals surface area contributed by atoms with Gasteiger partial charge in [-0.3, -0.25) is 19.1 Å². The Morgan fingerprint density at radius 1 is 1.02 bits per heavy atom. The van der Waals surface area contributed by atoms with Crippen LogP contribution in [0.4, 0.5) is 5.82 Å². The molecule has 1 aliphatic heterocycles. The lowest BCUT2D eigenvalue weighted by Gasteiger charge is -2.19. The molecule has 1 fully saturated rings. The summed E-state index contributed by atoms with van der Waals surface area (Å²) in [6.07, 6.45) is 0.301. The molecule has 21 heteroatoms. The zero-order valence-corrected chi connectivity index (χ0v) is 23.7. The Morgan fingerprint density at radius 2 is 1.76 bits per heavy atom. The van der Waals surface area contributed by atoms with Crippen molar-refractivity contribution in [2.45, 2.75) is 24.9 Å². The Bertz CT molecular complexity index is 1700. The summed E-state index contributed by atoms with van der Waals surface area (Å²) in [5.74, 6) is 5.46. The van der Waals surface area contributed by atoms with Gasteiger partial charge in [-0.1, -0.05) is 17.9 Å². The predicted octanol–water partition coefficient (Wildman–Crippen LogP) is 0.674. The number of phosphoric ester groups is 1. The number of anilines is 1. The van der Waals surface area contributed by atoms with Gasteiger partial charge in [0.25, 0.3) is 0 Å². The number of aliphatic hydroxyl groups is 1. The van der Waals surface area contributed by atoms with Gasteiger partial charge in [-0.15, -0.1) is 0 Å². The second kappa shape index (κ2) is 12.6. The number of phosphoric acid groups is 3. The molecular weight excluding hydrogens is 623 g/mol. The van der Waals surface area contributed by atoms with Crippen molar-refractivity contribution in [2.24, 2.45) is 0 Å². The Morgan fingerprint density at radius 3 is 2.40 bits per heavy atom. The van der Waals surface area contributed by atoms with Crippen LogP contribution in [0.25, 0.3) is 11.4 Å². The molecule has 3 aromatic heterocycles. The lowest BCUT2D eigenvalue weighted by molar-refractivity contribution is -0.0449. The molecule has 4 heterocycles. The van der Waals surface area contributed by atoms with E-state index in [9.17, 15) is 33.4 Å². The van der Waals surface area contributed by atoms with E-state index in [2.05, 4.69) is 39.9 Å². The van der Waals surface area contributed by atoms with E-state index in [1.54, 1.807) is 30.5 Å². The summed E-state index contributed by atoms with van der Waals surface area (Å²) >= 11 is 0. The Balaban J connectivity index is 1.44. The van der Waals surface area contributed by atoms with Crippen molar-refractivity contribution in [2.75, 3.05) is 12.3 Å². The summed E-state index contributed by atoms with van der Waals surface area (Å²) < 4.78 is 52.4. The van der Waals surface area contributed by atoms with Gasteiger partial charge >= 0.3 is 29.2 Å². The van der Waals surface area contributed by atoms with Crippen molar-refractivity contribution in [3.63, 3.8) is 0 Å². The van der Waals surface area contributed by atoms with Crippen LogP contribution in [0.5, 0.6) is 0 Å². The van der Waals surface area contributed by atoms with Gasteiger partial charge in [-0.25, -0.2) is 18.5 Å². The van der Waals surface area contributed by atoms with E-state index < -0.39 is 54.2 Å². The third kappa shape index (κ3) is 8.69. The summed E-state index contributed by atoms with van der Waals surface area (Å²) in [5.41, 5.74) is 6.97. The first-order chi connectivity index (χ1) is 19.6. The SMILES string of the molecule is Nc1nc(=O)n([C@H]2C[C@H](O)[C@@H](COP(=O)(O)OP(=O)(O)OP(=O)(O)O)O2)cc1C#Cc1ccc(-c2ccccn2)nc1. The summed E-state index contributed by atoms with van der Waals surface area (Å²) in [4.78, 5) is 60.8. The summed E-state index contributed by atoms with van der Waals surface area (Å²) in [6.45, 7) is -0.910. The van der Waals surface area contributed by atoms with Gasteiger partial charge in [0.15, 0.2) is 0 Å². The number of nitrogens with zero attached hydrogens (tertiary/aromatic N) is 4. The molecule has 0 aromatic carbocycles. The molecule has 7 N–H and O–H groups in total. The molecule has 2 unspecified atom stereocenters. The molecule has 0 bridgehead atoms. The fourth-order valence-electron chi connectivity index (χ4n) is 3.56. The number of nitrogens with two attached hydrogens (primary N) is 1. The van der Waals surface area contributed by atoms with Gasteiger partial charge < -0.3 is 35.2 Å². The molecule has 0 spiro atoms. The lowest BCUT2D eigenvalue weighted by atomic mass is 10.2. The first kappa shape index (κ1) is 31.8. The highest BCUT2D eigenvalue weighted by Gasteiger charge is 2.43. The van der Waals surface area contributed by atoms with Crippen LogP contribution in [0, 0.1) is 11.8 Å². The maximum absolute atomic E-state index is 12.5. The first-order valence-corrected chi connectivity index (χ1v) is 16.0. The zero-order chi connectivity index (χ0) is 30.7. The average Bonchev–Trinajstić information content (AvgIpc) is 3.26. The van der Waals surface area contributed by atoms with E-state index in [-0.39, 0.29) is 17.8 Å². The van der Waals surface area contributed by atoms with E-state index in [1.807, 2.05) is 6.07 Å². The number of nitrogen functional groups attached to an aromatic ring is 1. The van der Waals surface area contributed by atoms with E-state index in [4.69, 9.17) is 20.3 Å². The van der Waals surface area contributed by atoms with Gasteiger partial charge in [0.2, 0.25) is 0 Å². The summed E-state index contributed by atoms with van der Waals surface area (Å²) in [5, 5.41) is 10.3. The number of aliphatic hydroxyl groups excluding tert-OH is 1. The van der Waals surface area contributed by atoms with Gasteiger partial charge in [0.05, 0.1) is 29.7 Å². The van der Waals surface area contributed by atoms with Crippen molar-refractivity contribution in [3.8, 4) is 23.2 Å². The molecule has 0 saturated carbocycles. The molecule has 3 aromatic rings. The van der Waals surface area contributed by atoms with Crippen molar-refractivity contribution < 1.29 is 56.3 Å². The van der Waals surface area contributed by atoms with E-state index in [1.165, 1.54) is 12.4 Å². The number of rotatable bonds is 9. The minimum atomic E-state index is -5.72.